The zero-order chi connectivity index (χ0) is 23.1. The highest BCUT2D eigenvalue weighted by molar-refractivity contribution is 5.82. The molecule has 4 aliphatic rings. The molecule has 0 bridgehead atoms. The maximum Gasteiger partial charge on any atom is 0.310 e. The van der Waals surface area contributed by atoms with Gasteiger partial charge in [0.1, 0.15) is 0 Å². The van der Waals surface area contributed by atoms with Crippen LogP contribution in [0.25, 0.3) is 0 Å². The highest BCUT2D eigenvalue weighted by atomic mass is 16.6. The molecule has 6 heteroatoms. The van der Waals surface area contributed by atoms with E-state index in [1.165, 1.54) is 84.5 Å². The summed E-state index contributed by atoms with van der Waals surface area (Å²) in [6.07, 6.45) is 16.5. The molecule has 2 spiro atoms. The van der Waals surface area contributed by atoms with E-state index in [2.05, 4.69) is 25.5 Å². The van der Waals surface area contributed by atoms with Crippen molar-refractivity contribution in [2.75, 3.05) is 0 Å². The molecule has 0 amide bonds. The van der Waals surface area contributed by atoms with E-state index in [0.717, 1.165) is 6.42 Å². The Kier molecular flexibility index (Phi) is 9.97. The van der Waals surface area contributed by atoms with E-state index in [1.54, 1.807) is 0 Å². The minimum absolute atomic E-state index is 0.137. The molecule has 31 heavy (non-hydrogen) atoms. The molecule has 4 rings (SSSR count). The fourth-order valence-electron chi connectivity index (χ4n) is 6.14. The van der Waals surface area contributed by atoms with Gasteiger partial charge in [-0.2, -0.15) is 0 Å². The molecule has 0 radical (unpaired) electrons. The lowest BCUT2D eigenvalue weighted by atomic mass is 9.69. The zero-order valence-corrected chi connectivity index (χ0v) is 20.3. The molecule has 0 aromatic rings. The number of carbonyl (C=O) groups is 2. The second-order valence-electron chi connectivity index (χ2n) is 10.2. The number of carbonyl (C=O) groups excluding carboxylic acids is 2. The lowest BCUT2D eigenvalue weighted by molar-refractivity contribution is -0.156. The van der Waals surface area contributed by atoms with Gasteiger partial charge in [0.05, 0.1) is 18.3 Å². The molecule has 2 saturated heterocycles. The largest absolute Gasteiger partial charge is 0.394 e. The number of hydrogen-bond donors (Lipinski definition) is 1. The average Bonchev–Trinajstić information content (AvgIpc) is 3.10. The molecule has 4 atom stereocenters. The monoisotopic (exact) mass is 440 g/mol. The number of ether oxygens (including phenoxy) is 3. The Hall–Kier alpha value is -0.980. The SMILES string of the molecule is CC(=O)OC(C)=O.CC1CC2(CCCCC2)C(C)O1.CC1CC2(CCCCC2)C(O)O1. The standard InChI is InChI=1S/C11H20O.C10H18O2.C4H6O3/c1-9-8-11(10(2)12-9)6-4-3-5-7-11;1-8-7-10(9(11)12-8)5-3-2-4-6-10;1-3(5)7-4(2)6/h9-10H,3-8H2,1-2H3;8-9,11H,2-7H2,1H3;1-2H3. The second kappa shape index (κ2) is 11.8. The molecule has 1 N–H and O–H groups in total. The first-order valence-corrected chi connectivity index (χ1v) is 12.3. The van der Waals surface area contributed by atoms with Gasteiger partial charge < -0.3 is 19.3 Å². The fourth-order valence-corrected chi connectivity index (χ4v) is 6.14. The third-order valence-corrected chi connectivity index (χ3v) is 7.56. The van der Waals surface area contributed by atoms with Gasteiger partial charge in [-0.25, -0.2) is 0 Å². The van der Waals surface area contributed by atoms with Gasteiger partial charge in [-0.3, -0.25) is 9.59 Å². The number of aliphatic hydroxyl groups is 1. The van der Waals surface area contributed by atoms with Crippen LogP contribution in [0.4, 0.5) is 0 Å². The van der Waals surface area contributed by atoms with Crippen molar-refractivity contribution in [1.82, 2.24) is 0 Å². The van der Waals surface area contributed by atoms with Crippen LogP contribution in [-0.2, 0) is 23.8 Å². The Morgan fingerprint density at radius 2 is 1.16 bits per heavy atom. The molecular weight excluding hydrogens is 396 g/mol. The van der Waals surface area contributed by atoms with E-state index < -0.39 is 18.2 Å². The molecule has 2 aliphatic heterocycles. The van der Waals surface area contributed by atoms with Crippen LogP contribution in [0, 0.1) is 10.8 Å². The smallest absolute Gasteiger partial charge is 0.310 e. The van der Waals surface area contributed by atoms with Gasteiger partial charge in [0.15, 0.2) is 6.29 Å². The molecular formula is C25H44O6. The summed E-state index contributed by atoms with van der Waals surface area (Å²) in [5.74, 6) is -1.12. The van der Waals surface area contributed by atoms with E-state index in [-0.39, 0.29) is 11.5 Å². The Bertz CT molecular complexity index is 527. The lowest BCUT2D eigenvalue weighted by Crippen LogP contribution is -2.32. The summed E-state index contributed by atoms with van der Waals surface area (Å²) in [5, 5.41) is 9.75. The van der Waals surface area contributed by atoms with E-state index in [0.29, 0.717) is 17.6 Å². The minimum atomic E-state index is -0.562. The molecule has 180 valence electrons. The molecule has 0 aromatic heterocycles. The summed E-state index contributed by atoms with van der Waals surface area (Å²) in [6, 6.07) is 0. The third-order valence-electron chi connectivity index (χ3n) is 7.56. The lowest BCUT2D eigenvalue weighted by Gasteiger charge is -2.35. The first-order valence-electron chi connectivity index (χ1n) is 12.3. The minimum Gasteiger partial charge on any atom is -0.394 e. The van der Waals surface area contributed by atoms with Gasteiger partial charge in [0, 0.05) is 19.3 Å². The predicted octanol–water partition coefficient (Wildman–Crippen LogP) is 5.29. The van der Waals surface area contributed by atoms with Crippen LogP contribution in [0.15, 0.2) is 0 Å². The summed E-state index contributed by atoms with van der Waals surface area (Å²) in [5.41, 5.74) is 0.718. The van der Waals surface area contributed by atoms with Crippen LogP contribution in [-0.4, -0.2) is 41.6 Å². The fraction of sp³-hybridized carbons (Fsp3) is 0.920. The first-order chi connectivity index (χ1) is 14.6. The van der Waals surface area contributed by atoms with Gasteiger partial charge in [0.25, 0.3) is 0 Å². The number of hydrogen-bond acceptors (Lipinski definition) is 6. The normalized spacial score (nSPS) is 33.1. The van der Waals surface area contributed by atoms with Crippen LogP contribution in [0.5, 0.6) is 0 Å². The van der Waals surface area contributed by atoms with Crippen molar-refractivity contribution in [3.63, 3.8) is 0 Å². The summed E-state index contributed by atoms with van der Waals surface area (Å²) < 4.78 is 15.2. The van der Waals surface area contributed by atoms with Crippen molar-refractivity contribution < 1.29 is 28.9 Å². The van der Waals surface area contributed by atoms with E-state index in [1.807, 2.05) is 0 Å². The zero-order valence-electron chi connectivity index (χ0n) is 20.3. The van der Waals surface area contributed by atoms with Gasteiger partial charge in [0.2, 0.25) is 0 Å². The molecule has 4 fully saturated rings. The van der Waals surface area contributed by atoms with Crippen LogP contribution in [0.1, 0.15) is 112 Å². The highest BCUT2D eigenvalue weighted by Gasteiger charge is 2.46. The van der Waals surface area contributed by atoms with E-state index >= 15 is 0 Å². The second-order valence-corrected chi connectivity index (χ2v) is 10.2. The van der Waals surface area contributed by atoms with Gasteiger partial charge in [-0.15, -0.1) is 0 Å². The van der Waals surface area contributed by atoms with Gasteiger partial charge in [-0.05, 0) is 64.7 Å². The van der Waals surface area contributed by atoms with E-state index in [4.69, 9.17) is 9.47 Å². The first kappa shape index (κ1) is 26.3. The van der Waals surface area contributed by atoms with Crippen molar-refractivity contribution in [2.45, 2.75) is 136 Å². The van der Waals surface area contributed by atoms with Crippen molar-refractivity contribution in [2.24, 2.45) is 10.8 Å². The molecule has 2 saturated carbocycles. The van der Waals surface area contributed by atoms with Crippen LogP contribution < -0.4 is 0 Å². The summed E-state index contributed by atoms with van der Waals surface area (Å²) in [4.78, 5) is 19.6. The quantitative estimate of drug-likeness (QED) is 0.407. The van der Waals surface area contributed by atoms with Gasteiger partial charge in [-0.1, -0.05) is 38.5 Å². The van der Waals surface area contributed by atoms with Gasteiger partial charge >= 0.3 is 11.9 Å². The third kappa shape index (κ3) is 7.54. The van der Waals surface area contributed by atoms with Crippen molar-refractivity contribution in [3.8, 4) is 0 Å². The van der Waals surface area contributed by atoms with E-state index in [9.17, 15) is 14.7 Å². The Morgan fingerprint density at radius 3 is 1.48 bits per heavy atom. The Balaban J connectivity index is 0.000000173. The van der Waals surface area contributed by atoms with Crippen LogP contribution in [0.3, 0.4) is 0 Å². The Labute approximate surface area is 188 Å². The topological polar surface area (TPSA) is 82.1 Å². The summed E-state index contributed by atoms with van der Waals surface area (Å²) in [7, 11) is 0. The predicted molar refractivity (Wildman–Crippen MR) is 119 cm³/mol. The Morgan fingerprint density at radius 1 is 0.742 bits per heavy atom. The molecule has 4 unspecified atom stereocenters. The van der Waals surface area contributed by atoms with Crippen molar-refractivity contribution in [3.05, 3.63) is 0 Å². The summed E-state index contributed by atoms with van der Waals surface area (Å²) >= 11 is 0. The molecule has 0 aromatic carbocycles. The highest BCUT2D eigenvalue weighted by Crippen LogP contribution is 2.49. The van der Waals surface area contributed by atoms with Crippen LogP contribution in [0.2, 0.25) is 0 Å². The van der Waals surface area contributed by atoms with Crippen LogP contribution >= 0.6 is 0 Å². The number of aliphatic hydroxyl groups excluding tert-OH is 1. The van der Waals surface area contributed by atoms with Crippen molar-refractivity contribution in [1.29, 1.82) is 0 Å². The average molecular weight is 441 g/mol. The molecule has 6 nitrogen and oxygen atoms in total. The number of esters is 2. The van der Waals surface area contributed by atoms with Crippen molar-refractivity contribution >= 4 is 11.9 Å². The molecule has 2 aliphatic carbocycles. The maximum absolute atomic E-state index is 9.81. The summed E-state index contributed by atoms with van der Waals surface area (Å²) in [6.45, 7) is 8.92. The number of rotatable bonds is 0. The maximum atomic E-state index is 9.81. The molecule has 2 heterocycles.